The quantitative estimate of drug-likeness (QED) is 0.726. The van der Waals surface area contributed by atoms with Crippen molar-refractivity contribution in [2.75, 3.05) is 13.1 Å². The molecule has 2 fully saturated rings. The van der Waals surface area contributed by atoms with Crippen molar-refractivity contribution in [3.63, 3.8) is 0 Å². The van der Waals surface area contributed by atoms with Gasteiger partial charge in [0.05, 0.1) is 5.39 Å². The average molecular weight is 407 g/mol. The van der Waals surface area contributed by atoms with E-state index in [1.54, 1.807) is 11.3 Å². The van der Waals surface area contributed by atoms with Crippen LogP contribution in [0.1, 0.15) is 39.5 Å². The smallest absolute Gasteiger partial charge is 0.290 e. The number of carbonyl (C=O) groups excluding carboxylic acids is 1. The molecule has 4 heterocycles. The summed E-state index contributed by atoms with van der Waals surface area (Å²) in [5.74, 6) is 0.0639. The van der Waals surface area contributed by atoms with E-state index in [4.69, 9.17) is 0 Å². The van der Waals surface area contributed by atoms with Crippen molar-refractivity contribution in [1.29, 1.82) is 0 Å². The summed E-state index contributed by atoms with van der Waals surface area (Å²) in [5.41, 5.74) is 2.29. The molecular weight excluding hydrogens is 384 g/mol. The SMILES string of the molecule is O=C(c1nc2sc3c(c2c(=O)[nH]1)CCC3)N1C[C@H]2C[C@@H]1CN2Cc1ccccc1. The molecule has 7 heteroatoms. The molecule has 2 bridgehead atoms. The summed E-state index contributed by atoms with van der Waals surface area (Å²) >= 11 is 1.58. The molecule has 6 nitrogen and oxygen atoms in total. The van der Waals surface area contributed by atoms with Crippen molar-refractivity contribution < 1.29 is 4.79 Å². The number of benzene rings is 1. The van der Waals surface area contributed by atoms with Crippen molar-refractivity contribution in [1.82, 2.24) is 19.8 Å². The number of aryl methyl sites for hydroxylation is 2. The Morgan fingerprint density at radius 1 is 1.17 bits per heavy atom. The molecule has 0 saturated carbocycles. The summed E-state index contributed by atoms with van der Waals surface area (Å²) in [6.07, 6.45) is 4.07. The van der Waals surface area contributed by atoms with Gasteiger partial charge in [-0.05, 0) is 36.8 Å². The van der Waals surface area contributed by atoms with Gasteiger partial charge in [0.15, 0.2) is 0 Å². The maximum absolute atomic E-state index is 13.2. The number of amides is 1. The molecule has 29 heavy (non-hydrogen) atoms. The Labute approximate surface area is 172 Å². The second-order valence-corrected chi connectivity index (χ2v) is 9.45. The van der Waals surface area contributed by atoms with Crippen LogP contribution in [0.5, 0.6) is 0 Å². The third-order valence-electron chi connectivity index (χ3n) is 6.62. The standard InChI is InChI=1S/C22H22N4O2S/c27-20-18-16-7-4-8-17(16)29-21(18)24-19(23-20)22(28)26-12-14-9-15(26)11-25(14)10-13-5-2-1-3-6-13/h1-3,5-6,14-15H,4,7-12H2,(H,23,24,27)/t14-,15-/m1/s1. The normalized spacial score (nSPS) is 23.2. The predicted octanol–water partition coefficient (Wildman–Crippen LogP) is 2.57. The number of hydrogen-bond acceptors (Lipinski definition) is 5. The molecule has 1 amide bonds. The van der Waals surface area contributed by atoms with Gasteiger partial charge in [-0.25, -0.2) is 4.98 Å². The fraction of sp³-hybridized carbons (Fsp3) is 0.409. The van der Waals surface area contributed by atoms with Gasteiger partial charge in [-0.15, -0.1) is 11.3 Å². The number of likely N-dealkylation sites (tertiary alicyclic amines) is 2. The van der Waals surface area contributed by atoms with E-state index in [1.807, 2.05) is 11.0 Å². The van der Waals surface area contributed by atoms with Crippen molar-refractivity contribution in [3.05, 3.63) is 62.5 Å². The van der Waals surface area contributed by atoms with Gasteiger partial charge < -0.3 is 9.88 Å². The minimum absolute atomic E-state index is 0.135. The molecule has 0 unspecified atom stereocenters. The molecule has 1 aliphatic carbocycles. The number of nitrogens with zero attached hydrogens (tertiary/aromatic N) is 3. The van der Waals surface area contributed by atoms with Crippen LogP contribution in [0.2, 0.25) is 0 Å². The first-order valence-electron chi connectivity index (χ1n) is 10.3. The van der Waals surface area contributed by atoms with E-state index in [2.05, 4.69) is 39.1 Å². The summed E-state index contributed by atoms with van der Waals surface area (Å²) in [7, 11) is 0. The van der Waals surface area contributed by atoms with Crippen LogP contribution in [-0.2, 0) is 19.4 Å². The second-order valence-electron chi connectivity index (χ2n) is 8.37. The van der Waals surface area contributed by atoms with Gasteiger partial charge in [-0.3, -0.25) is 14.5 Å². The van der Waals surface area contributed by atoms with Crippen LogP contribution >= 0.6 is 11.3 Å². The maximum atomic E-state index is 13.2. The van der Waals surface area contributed by atoms with Crippen molar-refractivity contribution >= 4 is 27.5 Å². The van der Waals surface area contributed by atoms with Crippen molar-refractivity contribution in [2.24, 2.45) is 0 Å². The van der Waals surface area contributed by atoms with Gasteiger partial charge >= 0.3 is 0 Å². The molecule has 1 N–H and O–H groups in total. The van der Waals surface area contributed by atoms with Crippen LogP contribution in [-0.4, -0.2) is 50.8 Å². The highest BCUT2D eigenvalue weighted by Crippen LogP contribution is 2.35. The molecule has 6 rings (SSSR count). The molecule has 2 saturated heterocycles. The van der Waals surface area contributed by atoms with Crippen LogP contribution < -0.4 is 5.56 Å². The third-order valence-corrected chi connectivity index (χ3v) is 7.81. The summed E-state index contributed by atoms with van der Waals surface area (Å²) in [4.78, 5) is 39.6. The number of rotatable bonds is 3. The molecule has 3 aromatic rings. The monoisotopic (exact) mass is 406 g/mol. The van der Waals surface area contributed by atoms with Gasteiger partial charge in [0.1, 0.15) is 4.83 Å². The fourth-order valence-electron chi connectivity index (χ4n) is 5.25. The Hall–Kier alpha value is -2.51. The first-order valence-corrected chi connectivity index (χ1v) is 11.1. The topological polar surface area (TPSA) is 69.3 Å². The van der Waals surface area contributed by atoms with Crippen LogP contribution in [0.4, 0.5) is 0 Å². The van der Waals surface area contributed by atoms with Gasteiger partial charge in [0.2, 0.25) is 5.82 Å². The number of carbonyl (C=O) groups is 1. The van der Waals surface area contributed by atoms with Gasteiger partial charge in [-0.1, -0.05) is 30.3 Å². The van der Waals surface area contributed by atoms with E-state index < -0.39 is 0 Å². The summed E-state index contributed by atoms with van der Waals surface area (Å²) in [5, 5.41) is 0.705. The van der Waals surface area contributed by atoms with E-state index in [-0.39, 0.29) is 23.3 Å². The van der Waals surface area contributed by atoms with Gasteiger partial charge in [-0.2, -0.15) is 0 Å². The number of hydrogen-bond donors (Lipinski definition) is 1. The van der Waals surface area contributed by atoms with Crippen LogP contribution in [0, 0.1) is 0 Å². The average Bonchev–Trinajstić information content (AvgIpc) is 3.48. The van der Waals surface area contributed by atoms with E-state index in [1.165, 1.54) is 10.4 Å². The highest BCUT2D eigenvalue weighted by atomic mass is 32.1. The number of thiophene rings is 1. The lowest BCUT2D eigenvalue weighted by atomic mass is 10.2. The van der Waals surface area contributed by atoms with E-state index in [9.17, 15) is 9.59 Å². The first-order chi connectivity index (χ1) is 14.2. The lowest BCUT2D eigenvalue weighted by Crippen LogP contribution is -2.48. The minimum Gasteiger partial charge on any atom is -0.330 e. The molecule has 1 aromatic carbocycles. The molecule has 0 spiro atoms. The zero-order valence-electron chi connectivity index (χ0n) is 16.1. The van der Waals surface area contributed by atoms with Crippen LogP contribution in [0.25, 0.3) is 10.2 Å². The Balaban J connectivity index is 1.23. The summed E-state index contributed by atoms with van der Waals surface area (Å²) < 4.78 is 0. The van der Waals surface area contributed by atoms with Crippen LogP contribution in [0.15, 0.2) is 35.1 Å². The third kappa shape index (κ3) is 2.75. The molecule has 2 aliphatic heterocycles. The van der Waals surface area contributed by atoms with Gasteiger partial charge in [0, 0.05) is 36.6 Å². The van der Waals surface area contributed by atoms with E-state index in [0.29, 0.717) is 18.0 Å². The Kier molecular flexibility index (Phi) is 3.89. The Morgan fingerprint density at radius 2 is 2.03 bits per heavy atom. The number of fused-ring (bicyclic) bond motifs is 5. The predicted molar refractivity (Wildman–Crippen MR) is 112 cm³/mol. The zero-order valence-corrected chi connectivity index (χ0v) is 16.9. The maximum Gasteiger partial charge on any atom is 0.290 e. The highest BCUT2D eigenvalue weighted by molar-refractivity contribution is 7.18. The number of piperazine rings is 1. The minimum atomic E-state index is -0.159. The fourth-order valence-corrected chi connectivity index (χ4v) is 6.51. The second kappa shape index (κ2) is 6.50. The number of aromatic nitrogens is 2. The van der Waals surface area contributed by atoms with E-state index >= 15 is 0 Å². The number of nitrogens with one attached hydrogen (secondary N) is 1. The summed E-state index contributed by atoms with van der Waals surface area (Å²) in [6, 6.07) is 11.0. The lowest BCUT2D eigenvalue weighted by Gasteiger charge is -2.34. The van der Waals surface area contributed by atoms with Crippen molar-refractivity contribution in [3.8, 4) is 0 Å². The zero-order chi connectivity index (χ0) is 19.5. The molecule has 2 aromatic heterocycles. The molecule has 2 atom stereocenters. The Morgan fingerprint density at radius 3 is 2.83 bits per heavy atom. The van der Waals surface area contributed by atoms with Gasteiger partial charge in [0.25, 0.3) is 11.5 Å². The largest absolute Gasteiger partial charge is 0.330 e. The molecule has 3 aliphatic rings. The number of H-pyrrole nitrogens is 1. The van der Waals surface area contributed by atoms with Crippen molar-refractivity contribution in [2.45, 2.75) is 44.3 Å². The number of aromatic amines is 1. The molecule has 0 radical (unpaired) electrons. The molecular formula is C22H22N4O2S. The lowest BCUT2D eigenvalue weighted by molar-refractivity contribution is 0.0604. The van der Waals surface area contributed by atoms with E-state index in [0.717, 1.165) is 49.2 Å². The first kappa shape index (κ1) is 17.4. The molecule has 148 valence electrons. The summed E-state index contributed by atoms with van der Waals surface area (Å²) in [6.45, 7) is 2.51. The highest BCUT2D eigenvalue weighted by Gasteiger charge is 2.45. The Bertz CT molecular complexity index is 1170. The van der Waals surface area contributed by atoms with Crippen LogP contribution in [0.3, 0.4) is 0 Å².